The molecule has 0 radical (unpaired) electrons. The van der Waals surface area contributed by atoms with Crippen LogP contribution in [0.25, 0.3) is 0 Å². The van der Waals surface area contributed by atoms with Gasteiger partial charge in [0.15, 0.2) is 17.4 Å². The van der Waals surface area contributed by atoms with Crippen LogP contribution in [0.4, 0.5) is 0 Å². The van der Waals surface area contributed by atoms with Crippen molar-refractivity contribution in [1.29, 1.82) is 0 Å². The molecule has 0 fully saturated rings. The van der Waals surface area contributed by atoms with Crippen molar-refractivity contribution in [2.24, 2.45) is 0 Å². The van der Waals surface area contributed by atoms with Crippen molar-refractivity contribution in [3.8, 4) is 0 Å². The maximum absolute atomic E-state index is 0. The first-order valence-electron chi connectivity index (χ1n) is 0. The van der Waals surface area contributed by atoms with E-state index >= 15 is 0 Å². The summed E-state index contributed by atoms with van der Waals surface area (Å²) in [7, 11) is 0. The minimum Gasteiger partial charge on any atom is -0.412 e. The minimum atomic E-state index is 0. The fourth-order valence-corrected chi connectivity index (χ4v) is 0. The van der Waals surface area contributed by atoms with Gasteiger partial charge in [0, 0.05) is 26.2 Å². The van der Waals surface area contributed by atoms with Crippen LogP contribution in [0.2, 0.25) is 0 Å². The van der Waals surface area contributed by atoms with Crippen LogP contribution in [0, 0.1) is 0 Å². The monoisotopic (exact) mass is 246 g/mol. The Bertz CT molecular complexity index is 12.4. The molecule has 0 rings (SSSR count). The van der Waals surface area contributed by atoms with E-state index in [0.717, 1.165) is 0 Å². The van der Waals surface area contributed by atoms with Gasteiger partial charge in [-0.05, 0) is 0 Å². The molecule has 0 saturated heterocycles. The molecular formula is H14AlClO5Zr. The molecule has 0 unspecified atom stereocenters. The number of hydrogen-bond donors (Lipinski definition) is 0. The molecule has 0 bridgehead atoms. The van der Waals surface area contributed by atoms with Crippen LogP contribution in [0.1, 0.15) is 0 Å². The number of hydrogen-bond acceptors (Lipinski definition) is 0. The summed E-state index contributed by atoms with van der Waals surface area (Å²) in [6.45, 7) is 0. The van der Waals surface area contributed by atoms with E-state index in [1.54, 1.807) is 0 Å². The van der Waals surface area contributed by atoms with E-state index in [1.165, 1.54) is 0 Å². The van der Waals surface area contributed by atoms with Crippen LogP contribution in [0.5, 0.6) is 0 Å². The normalized spacial score (nSPS) is 0. The molecule has 0 atom stereocenters. The zero-order valence-corrected chi connectivity index (χ0v) is 6.68. The summed E-state index contributed by atoms with van der Waals surface area (Å²) in [6.07, 6.45) is 0. The van der Waals surface area contributed by atoms with Gasteiger partial charge >= 0.3 is 0 Å². The van der Waals surface area contributed by atoms with Gasteiger partial charge in [0.1, 0.15) is 0 Å². The van der Waals surface area contributed by atoms with Crippen LogP contribution in [0.3, 0.4) is 0 Å². The maximum Gasteiger partial charge on any atom is 0.187 e. The second-order valence-corrected chi connectivity index (χ2v) is 0. The Hall–Kier alpha value is 1.51. The van der Waals surface area contributed by atoms with E-state index in [9.17, 15) is 0 Å². The SMILES string of the molecule is Cl.O.O.O.O.O.[AlH3].[Zr]. The van der Waals surface area contributed by atoms with Crippen LogP contribution in [-0.2, 0) is 26.2 Å². The molecule has 0 saturated carbocycles. The quantitative estimate of drug-likeness (QED) is 0.376. The number of rotatable bonds is 0. The Kier molecular flexibility index (Phi) is 8020. The molecule has 10 N–H and O–H groups in total. The standard InChI is InChI=1S/Al.ClH.5H2O.Zr.3H/h;1H;5*1H2;;;;. The van der Waals surface area contributed by atoms with Gasteiger partial charge in [-0.2, -0.15) is 0 Å². The Morgan fingerprint density at radius 3 is 0.500 bits per heavy atom. The zero-order chi connectivity index (χ0) is 0. The molecule has 0 aromatic heterocycles. The summed E-state index contributed by atoms with van der Waals surface area (Å²) < 4.78 is 0. The van der Waals surface area contributed by atoms with Crippen LogP contribution < -0.4 is 0 Å². The van der Waals surface area contributed by atoms with Gasteiger partial charge in [0.2, 0.25) is 0 Å². The summed E-state index contributed by atoms with van der Waals surface area (Å²) in [6, 6.07) is 0. The van der Waals surface area contributed by atoms with E-state index in [4.69, 9.17) is 0 Å². The molecule has 0 spiro atoms. The van der Waals surface area contributed by atoms with Gasteiger partial charge in [-0.25, -0.2) is 0 Å². The predicted molar refractivity (Wildman–Crippen MR) is 35.3 cm³/mol. The van der Waals surface area contributed by atoms with E-state index in [0.29, 0.717) is 0 Å². The molecule has 0 aliphatic heterocycles. The second kappa shape index (κ2) is 211. The number of halogens is 1. The van der Waals surface area contributed by atoms with Crippen molar-refractivity contribution in [3.63, 3.8) is 0 Å². The fraction of sp³-hybridized carbons (Fsp3) is 0. The summed E-state index contributed by atoms with van der Waals surface area (Å²) in [5.74, 6) is 0. The van der Waals surface area contributed by atoms with Crippen LogP contribution in [0.15, 0.2) is 0 Å². The molecule has 0 aromatic rings. The molecule has 0 aliphatic carbocycles. The molecule has 8 heteroatoms. The summed E-state index contributed by atoms with van der Waals surface area (Å²) in [5, 5.41) is 0. The van der Waals surface area contributed by atoms with Gasteiger partial charge in [-0.3, -0.25) is 0 Å². The van der Waals surface area contributed by atoms with E-state index in [-0.39, 0.29) is 83.4 Å². The molecule has 0 amide bonds. The smallest absolute Gasteiger partial charge is 0.187 e. The predicted octanol–water partition coefficient (Wildman–Crippen LogP) is -4.89. The third kappa shape index (κ3) is 140. The molecular weight excluding hydrogens is 234 g/mol. The van der Waals surface area contributed by atoms with Gasteiger partial charge in [0.05, 0.1) is 0 Å². The van der Waals surface area contributed by atoms with Crippen LogP contribution >= 0.6 is 12.4 Å². The third-order valence-electron chi connectivity index (χ3n) is 0. The molecule has 0 heterocycles. The third-order valence-corrected chi connectivity index (χ3v) is 0. The Morgan fingerprint density at radius 2 is 0.500 bits per heavy atom. The van der Waals surface area contributed by atoms with E-state index < -0.39 is 0 Å². The van der Waals surface area contributed by atoms with Crippen molar-refractivity contribution in [3.05, 3.63) is 0 Å². The van der Waals surface area contributed by atoms with Crippen molar-refractivity contribution in [2.45, 2.75) is 0 Å². The first-order chi connectivity index (χ1) is 0. The Morgan fingerprint density at radius 1 is 0.500 bits per heavy atom. The first kappa shape index (κ1) is 303. The average molecular weight is 248 g/mol. The largest absolute Gasteiger partial charge is 0.412 e. The van der Waals surface area contributed by atoms with Crippen molar-refractivity contribution < 1.29 is 53.6 Å². The molecule has 5 nitrogen and oxygen atoms in total. The Balaban J connectivity index is 0. The van der Waals surface area contributed by atoms with Crippen molar-refractivity contribution >= 4 is 29.8 Å². The van der Waals surface area contributed by atoms with E-state index in [2.05, 4.69) is 0 Å². The fourth-order valence-electron chi connectivity index (χ4n) is 0. The molecule has 8 heavy (non-hydrogen) atoms. The maximum atomic E-state index is 0. The first-order valence-corrected chi connectivity index (χ1v) is 0. The Labute approximate surface area is 83.0 Å². The summed E-state index contributed by atoms with van der Waals surface area (Å²) in [5.41, 5.74) is 0. The van der Waals surface area contributed by atoms with Crippen molar-refractivity contribution in [2.75, 3.05) is 0 Å². The van der Waals surface area contributed by atoms with Gasteiger partial charge in [0.25, 0.3) is 0 Å². The van der Waals surface area contributed by atoms with E-state index in [1.807, 2.05) is 0 Å². The van der Waals surface area contributed by atoms with Crippen LogP contribution in [-0.4, -0.2) is 44.7 Å². The zero-order valence-electron chi connectivity index (χ0n) is 3.41. The summed E-state index contributed by atoms with van der Waals surface area (Å²) in [4.78, 5) is 0. The van der Waals surface area contributed by atoms with Gasteiger partial charge in [-0.15, -0.1) is 12.4 Å². The average Bonchev–Trinajstić information content (AvgIpc) is 0. The van der Waals surface area contributed by atoms with Gasteiger partial charge in [-0.1, -0.05) is 0 Å². The van der Waals surface area contributed by atoms with Crippen molar-refractivity contribution in [1.82, 2.24) is 0 Å². The molecule has 58 valence electrons. The van der Waals surface area contributed by atoms with Gasteiger partial charge < -0.3 is 27.4 Å². The molecule has 0 aliphatic rings. The summed E-state index contributed by atoms with van der Waals surface area (Å²) >= 11 is 0. The molecule has 0 aromatic carbocycles. The second-order valence-electron chi connectivity index (χ2n) is 0. The topological polar surface area (TPSA) is 158 Å². The minimum absolute atomic E-state index is 0.